The predicted molar refractivity (Wildman–Crippen MR) is 80.4 cm³/mol. The van der Waals surface area contributed by atoms with Crippen LogP contribution in [-0.2, 0) is 9.53 Å². The summed E-state index contributed by atoms with van der Waals surface area (Å²) in [6.07, 6.45) is -4.45. The van der Waals surface area contributed by atoms with Gasteiger partial charge in [0.1, 0.15) is 5.60 Å². The van der Waals surface area contributed by atoms with Crippen LogP contribution in [0.3, 0.4) is 0 Å². The van der Waals surface area contributed by atoms with Crippen molar-refractivity contribution >= 4 is 12.0 Å². The van der Waals surface area contributed by atoms with Crippen LogP contribution >= 0.6 is 0 Å². The fraction of sp³-hybridized carbons (Fsp3) is 0.867. The van der Waals surface area contributed by atoms with Crippen molar-refractivity contribution in [3.05, 3.63) is 0 Å². The molecule has 2 aliphatic heterocycles. The van der Waals surface area contributed by atoms with E-state index in [1.807, 2.05) is 4.90 Å². The van der Waals surface area contributed by atoms with Crippen LogP contribution in [0.15, 0.2) is 0 Å². The number of carbonyl (C=O) groups is 2. The number of carbonyl (C=O) groups excluding carboxylic acids is 2. The van der Waals surface area contributed by atoms with Crippen molar-refractivity contribution < 1.29 is 27.5 Å². The molecule has 138 valence electrons. The molecule has 0 bridgehead atoms. The fourth-order valence-electron chi connectivity index (χ4n) is 2.84. The number of nitrogens with zero attached hydrogens (tertiary/aromatic N) is 3. The van der Waals surface area contributed by atoms with Crippen LogP contribution in [0.2, 0.25) is 0 Å². The van der Waals surface area contributed by atoms with Gasteiger partial charge in [-0.25, -0.2) is 4.79 Å². The van der Waals surface area contributed by atoms with Gasteiger partial charge in [-0.1, -0.05) is 0 Å². The average Bonchev–Trinajstić information content (AvgIpc) is 2.59. The maximum absolute atomic E-state index is 12.4. The first-order valence-electron chi connectivity index (χ1n) is 8.05. The predicted octanol–water partition coefficient (Wildman–Crippen LogP) is 1.70. The molecule has 0 aromatic rings. The number of hydrogen-bond acceptors (Lipinski definition) is 4. The molecule has 0 saturated carbocycles. The Morgan fingerprint density at radius 3 is 2.12 bits per heavy atom. The van der Waals surface area contributed by atoms with Gasteiger partial charge in [0.05, 0.1) is 0 Å². The van der Waals surface area contributed by atoms with Crippen LogP contribution in [0.1, 0.15) is 27.2 Å². The Morgan fingerprint density at radius 2 is 1.58 bits per heavy atom. The molecule has 2 amide bonds. The minimum atomic E-state index is -4.81. The highest BCUT2D eigenvalue weighted by atomic mass is 19.4. The van der Waals surface area contributed by atoms with Crippen molar-refractivity contribution in [3.63, 3.8) is 0 Å². The van der Waals surface area contributed by atoms with Crippen LogP contribution in [0.25, 0.3) is 0 Å². The quantitative estimate of drug-likeness (QED) is 0.722. The number of ether oxygens (including phenoxy) is 1. The Bertz CT molecular complexity index is 485. The van der Waals surface area contributed by atoms with E-state index in [1.165, 1.54) is 0 Å². The summed E-state index contributed by atoms with van der Waals surface area (Å²) < 4.78 is 42.4. The molecule has 0 spiro atoms. The van der Waals surface area contributed by atoms with Crippen molar-refractivity contribution in [2.24, 2.45) is 0 Å². The van der Waals surface area contributed by atoms with Crippen molar-refractivity contribution in [1.82, 2.24) is 14.7 Å². The summed E-state index contributed by atoms with van der Waals surface area (Å²) in [4.78, 5) is 27.7. The third-order valence-electron chi connectivity index (χ3n) is 4.09. The molecule has 0 aromatic heterocycles. The highest BCUT2D eigenvalue weighted by molar-refractivity contribution is 5.82. The zero-order valence-electron chi connectivity index (χ0n) is 14.2. The normalized spacial score (nSPS) is 21.2. The average molecular weight is 351 g/mol. The lowest BCUT2D eigenvalue weighted by Gasteiger charge is -2.45. The van der Waals surface area contributed by atoms with Gasteiger partial charge in [-0.2, -0.15) is 13.2 Å². The van der Waals surface area contributed by atoms with Crippen LogP contribution in [0, 0.1) is 0 Å². The summed E-state index contributed by atoms with van der Waals surface area (Å²) in [6, 6.07) is -0.0742. The number of hydrogen-bond donors (Lipinski definition) is 0. The van der Waals surface area contributed by atoms with Gasteiger partial charge < -0.3 is 14.5 Å². The Kier molecular flexibility index (Phi) is 5.31. The van der Waals surface area contributed by atoms with Crippen molar-refractivity contribution in [2.75, 3.05) is 39.3 Å². The number of rotatable bonds is 1. The molecule has 2 saturated heterocycles. The first kappa shape index (κ1) is 18.8. The van der Waals surface area contributed by atoms with Crippen LogP contribution < -0.4 is 0 Å². The molecular formula is C15H24F3N3O3. The summed E-state index contributed by atoms with van der Waals surface area (Å²) in [6.45, 7) is 7.87. The van der Waals surface area contributed by atoms with Gasteiger partial charge >= 0.3 is 18.2 Å². The van der Waals surface area contributed by atoms with E-state index in [-0.39, 0.29) is 25.2 Å². The summed E-state index contributed by atoms with van der Waals surface area (Å²) >= 11 is 0. The zero-order valence-corrected chi connectivity index (χ0v) is 14.2. The van der Waals surface area contributed by atoms with E-state index in [9.17, 15) is 22.8 Å². The molecule has 2 rings (SSSR count). The van der Waals surface area contributed by atoms with Gasteiger partial charge in [-0.05, 0) is 27.2 Å². The van der Waals surface area contributed by atoms with Crippen LogP contribution in [-0.4, -0.2) is 83.8 Å². The summed E-state index contributed by atoms with van der Waals surface area (Å²) in [7, 11) is 0. The summed E-state index contributed by atoms with van der Waals surface area (Å²) in [5.41, 5.74) is -0.560. The van der Waals surface area contributed by atoms with Gasteiger partial charge in [-0.3, -0.25) is 9.69 Å². The van der Waals surface area contributed by atoms with Gasteiger partial charge in [-0.15, -0.1) is 0 Å². The fourth-order valence-corrected chi connectivity index (χ4v) is 2.84. The highest BCUT2D eigenvalue weighted by Gasteiger charge is 2.47. The minimum Gasteiger partial charge on any atom is -0.444 e. The minimum absolute atomic E-state index is 0.0742. The zero-order chi connectivity index (χ0) is 18.1. The second-order valence-electron chi connectivity index (χ2n) is 7.22. The summed E-state index contributed by atoms with van der Waals surface area (Å²) in [5, 5.41) is 0. The van der Waals surface area contributed by atoms with E-state index in [0.29, 0.717) is 26.2 Å². The lowest BCUT2D eigenvalue weighted by Crippen LogP contribution is -2.63. The molecule has 0 N–H and O–H groups in total. The van der Waals surface area contributed by atoms with E-state index in [1.54, 1.807) is 25.7 Å². The molecule has 0 radical (unpaired) electrons. The molecule has 24 heavy (non-hydrogen) atoms. The third kappa shape index (κ3) is 4.75. The third-order valence-corrected chi connectivity index (χ3v) is 4.09. The van der Waals surface area contributed by atoms with Gasteiger partial charge in [0.2, 0.25) is 0 Å². The maximum atomic E-state index is 12.4. The maximum Gasteiger partial charge on any atom is 0.471 e. The first-order chi connectivity index (χ1) is 11.0. The van der Waals surface area contributed by atoms with Crippen molar-refractivity contribution in [1.29, 1.82) is 0 Å². The largest absolute Gasteiger partial charge is 0.471 e. The topological polar surface area (TPSA) is 53.1 Å². The standard InChI is InChI=1S/C15H24F3N3O3/c1-14(2,3)24-13(23)20-6-4-5-19(7-8-20)11-9-21(10-11)12(22)15(16,17)18/h11H,4-10H2,1-3H3. The van der Waals surface area contributed by atoms with Crippen molar-refractivity contribution in [3.8, 4) is 0 Å². The second-order valence-corrected chi connectivity index (χ2v) is 7.22. The molecule has 0 aromatic carbocycles. The Hall–Kier alpha value is -1.51. The summed E-state index contributed by atoms with van der Waals surface area (Å²) in [5.74, 6) is -1.77. The van der Waals surface area contributed by atoms with E-state index in [4.69, 9.17) is 4.74 Å². The lowest BCUT2D eigenvalue weighted by atomic mass is 10.1. The number of halogens is 3. The molecule has 6 nitrogen and oxygen atoms in total. The van der Waals surface area contributed by atoms with Gasteiger partial charge in [0.25, 0.3) is 0 Å². The monoisotopic (exact) mass is 351 g/mol. The van der Waals surface area contributed by atoms with Gasteiger partial charge in [0, 0.05) is 45.3 Å². The molecule has 0 aliphatic carbocycles. The number of alkyl halides is 3. The molecule has 2 heterocycles. The number of amides is 2. The van der Waals surface area contributed by atoms with E-state index in [0.717, 1.165) is 11.3 Å². The molecule has 9 heteroatoms. The van der Waals surface area contributed by atoms with E-state index in [2.05, 4.69) is 0 Å². The molecule has 0 atom stereocenters. The SMILES string of the molecule is CC(C)(C)OC(=O)N1CCCN(C2CN(C(=O)C(F)(F)F)C2)CC1. The van der Waals surface area contributed by atoms with Gasteiger partial charge in [0.15, 0.2) is 0 Å². The molecular weight excluding hydrogens is 327 g/mol. The number of likely N-dealkylation sites (tertiary alicyclic amines) is 1. The lowest BCUT2D eigenvalue weighted by molar-refractivity contribution is -0.192. The molecule has 2 aliphatic rings. The van der Waals surface area contributed by atoms with Crippen LogP contribution in [0.4, 0.5) is 18.0 Å². The second kappa shape index (κ2) is 6.78. The Labute approximate surface area is 139 Å². The molecule has 2 fully saturated rings. The first-order valence-corrected chi connectivity index (χ1v) is 8.05. The van der Waals surface area contributed by atoms with Crippen molar-refractivity contribution in [2.45, 2.75) is 45.0 Å². The van der Waals surface area contributed by atoms with E-state index < -0.39 is 17.7 Å². The van der Waals surface area contributed by atoms with E-state index >= 15 is 0 Å². The Balaban J connectivity index is 1.81. The Morgan fingerprint density at radius 1 is 0.958 bits per heavy atom. The smallest absolute Gasteiger partial charge is 0.444 e. The highest BCUT2D eigenvalue weighted by Crippen LogP contribution is 2.25. The van der Waals surface area contributed by atoms with Crippen LogP contribution in [0.5, 0.6) is 0 Å². The molecule has 0 unspecified atom stereocenters.